The normalized spacial score (nSPS) is 23.9. The van der Waals surface area contributed by atoms with Crippen molar-refractivity contribution in [3.8, 4) is 0 Å². The van der Waals surface area contributed by atoms with Crippen molar-refractivity contribution in [2.75, 3.05) is 20.7 Å². The van der Waals surface area contributed by atoms with Crippen LogP contribution in [0.1, 0.15) is 11.3 Å². The zero-order valence-corrected chi connectivity index (χ0v) is 11.0. The summed E-state index contributed by atoms with van der Waals surface area (Å²) in [5, 5.41) is 5.24. The van der Waals surface area contributed by atoms with E-state index in [1.807, 2.05) is 18.5 Å². The van der Waals surface area contributed by atoms with E-state index in [1.165, 1.54) is 4.88 Å². The second-order valence-electron chi connectivity index (χ2n) is 4.33. The topological polar surface area (TPSA) is 41.6 Å². The predicted octanol–water partition coefficient (Wildman–Crippen LogP) is 1.08. The van der Waals surface area contributed by atoms with Crippen LogP contribution in [0.2, 0.25) is 0 Å². The molecule has 1 saturated heterocycles. The van der Waals surface area contributed by atoms with Crippen LogP contribution in [0.5, 0.6) is 0 Å². The quantitative estimate of drug-likeness (QED) is 0.874. The van der Waals surface area contributed by atoms with E-state index >= 15 is 0 Å². The van der Waals surface area contributed by atoms with Crippen molar-refractivity contribution >= 4 is 17.2 Å². The number of nitrogens with one attached hydrogen (secondary N) is 1. The lowest BCUT2D eigenvalue weighted by atomic mass is 10.2. The molecular weight excluding hydrogens is 236 g/mol. The highest BCUT2D eigenvalue weighted by Gasteiger charge is 2.31. The monoisotopic (exact) mass is 254 g/mol. The van der Waals surface area contributed by atoms with Gasteiger partial charge < -0.3 is 15.0 Å². The summed E-state index contributed by atoms with van der Waals surface area (Å²) in [5.41, 5.74) is 0. The number of ether oxygens (including phenoxy) is 1. The largest absolute Gasteiger partial charge is 0.380 e. The maximum absolute atomic E-state index is 12.1. The zero-order valence-electron chi connectivity index (χ0n) is 10.2. The summed E-state index contributed by atoms with van der Waals surface area (Å²) in [6.45, 7) is 1.45. The molecule has 0 spiro atoms. The second-order valence-corrected chi connectivity index (χ2v) is 5.36. The Kier molecular flexibility index (Phi) is 4.15. The fraction of sp³-hybridized carbons (Fsp3) is 0.583. The number of methoxy groups -OCH3 is 1. The van der Waals surface area contributed by atoms with Gasteiger partial charge in [0.15, 0.2) is 0 Å². The van der Waals surface area contributed by atoms with Crippen LogP contribution < -0.4 is 5.32 Å². The molecule has 94 valence electrons. The van der Waals surface area contributed by atoms with Crippen molar-refractivity contribution in [1.82, 2.24) is 10.2 Å². The highest BCUT2D eigenvalue weighted by Crippen LogP contribution is 2.15. The Labute approximate surface area is 106 Å². The molecule has 2 heterocycles. The van der Waals surface area contributed by atoms with E-state index in [9.17, 15) is 4.79 Å². The molecule has 1 aromatic heterocycles. The molecule has 0 radical (unpaired) electrons. The molecule has 2 unspecified atom stereocenters. The fourth-order valence-electron chi connectivity index (χ4n) is 2.05. The van der Waals surface area contributed by atoms with Crippen LogP contribution in [0.3, 0.4) is 0 Å². The predicted molar refractivity (Wildman–Crippen MR) is 68.0 cm³/mol. The van der Waals surface area contributed by atoms with Gasteiger partial charge in [-0.1, -0.05) is 6.07 Å². The number of hydrogen-bond acceptors (Lipinski definition) is 4. The van der Waals surface area contributed by atoms with Crippen LogP contribution in [0.4, 0.5) is 0 Å². The van der Waals surface area contributed by atoms with Gasteiger partial charge >= 0.3 is 0 Å². The number of carbonyl (C=O) groups excluding carboxylic acids is 1. The van der Waals surface area contributed by atoms with Gasteiger partial charge in [0, 0.05) is 25.6 Å². The number of nitrogens with zero attached hydrogens (tertiary/aromatic N) is 1. The van der Waals surface area contributed by atoms with Gasteiger partial charge in [-0.2, -0.15) is 0 Å². The molecule has 1 aliphatic heterocycles. The van der Waals surface area contributed by atoms with E-state index in [0.717, 1.165) is 13.0 Å². The first-order chi connectivity index (χ1) is 8.20. The smallest absolute Gasteiger partial charge is 0.239 e. The molecule has 1 amide bonds. The highest BCUT2D eigenvalue weighted by molar-refractivity contribution is 7.09. The van der Waals surface area contributed by atoms with Gasteiger partial charge in [0.05, 0.1) is 18.7 Å². The molecule has 0 bridgehead atoms. The molecule has 1 aromatic rings. The number of amides is 1. The molecule has 2 rings (SSSR count). The average molecular weight is 254 g/mol. The highest BCUT2D eigenvalue weighted by atomic mass is 32.1. The summed E-state index contributed by atoms with van der Waals surface area (Å²) >= 11 is 1.68. The van der Waals surface area contributed by atoms with Crippen molar-refractivity contribution in [1.29, 1.82) is 0 Å². The Morgan fingerprint density at radius 3 is 3.12 bits per heavy atom. The minimum Gasteiger partial charge on any atom is -0.380 e. The van der Waals surface area contributed by atoms with E-state index in [1.54, 1.807) is 23.3 Å². The minimum atomic E-state index is -0.0927. The fourth-order valence-corrected chi connectivity index (χ4v) is 2.81. The number of rotatable bonds is 4. The molecule has 1 aliphatic rings. The van der Waals surface area contributed by atoms with Gasteiger partial charge in [0.1, 0.15) is 0 Å². The molecule has 0 aromatic carbocycles. The molecular formula is C12H18N2O2S. The molecule has 4 nitrogen and oxygen atoms in total. The van der Waals surface area contributed by atoms with Crippen molar-refractivity contribution in [2.24, 2.45) is 0 Å². The average Bonchev–Trinajstić information content (AvgIpc) is 2.98. The van der Waals surface area contributed by atoms with Crippen LogP contribution in [-0.4, -0.2) is 43.7 Å². The summed E-state index contributed by atoms with van der Waals surface area (Å²) in [7, 11) is 3.54. The molecule has 2 atom stereocenters. The Morgan fingerprint density at radius 1 is 1.71 bits per heavy atom. The van der Waals surface area contributed by atoms with E-state index in [2.05, 4.69) is 11.4 Å². The third-order valence-corrected chi connectivity index (χ3v) is 3.93. The van der Waals surface area contributed by atoms with Crippen LogP contribution in [0.15, 0.2) is 17.5 Å². The summed E-state index contributed by atoms with van der Waals surface area (Å²) in [6.07, 6.45) is 0.934. The molecule has 17 heavy (non-hydrogen) atoms. The van der Waals surface area contributed by atoms with Gasteiger partial charge in [0.2, 0.25) is 5.91 Å². The van der Waals surface area contributed by atoms with Gasteiger partial charge in [-0.3, -0.25) is 4.79 Å². The van der Waals surface area contributed by atoms with Crippen molar-refractivity contribution in [3.63, 3.8) is 0 Å². The summed E-state index contributed by atoms with van der Waals surface area (Å²) in [5.74, 6) is 0.151. The van der Waals surface area contributed by atoms with Crippen LogP contribution in [0.25, 0.3) is 0 Å². The number of likely N-dealkylation sites (N-methyl/N-ethyl adjacent to an activating group) is 1. The second kappa shape index (κ2) is 5.62. The first-order valence-corrected chi connectivity index (χ1v) is 6.62. The third-order valence-electron chi connectivity index (χ3n) is 3.07. The standard InChI is InChI=1S/C12H18N2O2S/c1-14(8-10-4-3-5-17-10)12(15)11-6-9(16-2)7-13-11/h3-5,9,11,13H,6-8H2,1-2H3. The molecule has 1 N–H and O–H groups in total. The molecule has 0 aliphatic carbocycles. The van der Waals surface area contributed by atoms with Crippen molar-refractivity contribution < 1.29 is 9.53 Å². The Morgan fingerprint density at radius 2 is 2.53 bits per heavy atom. The lowest BCUT2D eigenvalue weighted by Gasteiger charge is -2.20. The first-order valence-electron chi connectivity index (χ1n) is 5.74. The molecule has 5 heteroatoms. The van der Waals surface area contributed by atoms with E-state index in [4.69, 9.17) is 4.74 Å². The summed E-state index contributed by atoms with van der Waals surface area (Å²) in [6, 6.07) is 3.96. The lowest BCUT2D eigenvalue weighted by molar-refractivity contribution is -0.132. The van der Waals surface area contributed by atoms with E-state index < -0.39 is 0 Å². The maximum Gasteiger partial charge on any atom is 0.239 e. The zero-order chi connectivity index (χ0) is 12.3. The van der Waals surface area contributed by atoms with Gasteiger partial charge in [-0.25, -0.2) is 0 Å². The Hall–Kier alpha value is -0.910. The number of carbonyl (C=O) groups is 1. The molecule has 1 fully saturated rings. The van der Waals surface area contributed by atoms with Crippen LogP contribution >= 0.6 is 11.3 Å². The Balaban J connectivity index is 1.87. The first kappa shape index (κ1) is 12.5. The maximum atomic E-state index is 12.1. The number of hydrogen-bond donors (Lipinski definition) is 1. The lowest BCUT2D eigenvalue weighted by Crippen LogP contribution is -2.41. The van der Waals surface area contributed by atoms with Crippen molar-refractivity contribution in [3.05, 3.63) is 22.4 Å². The minimum absolute atomic E-state index is 0.0927. The van der Waals surface area contributed by atoms with Crippen LogP contribution in [-0.2, 0) is 16.1 Å². The van der Waals surface area contributed by atoms with Gasteiger partial charge in [0.25, 0.3) is 0 Å². The molecule has 0 saturated carbocycles. The summed E-state index contributed by atoms with van der Waals surface area (Å²) < 4.78 is 5.25. The Bertz CT molecular complexity index is 367. The van der Waals surface area contributed by atoms with Crippen molar-refractivity contribution in [2.45, 2.75) is 25.1 Å². The summed E-state index contributed by atoms with van der Waals surface area (Å²) in [4.78, 5) is 15.1. The van der Waals surface area contributed by atoms with Crippen LogP contribution in [0, 0.1) is 0 Å². The SMILES string of the molecule is COC1CNC(C(=O)N(C)Cc2cccs2)C1. The van der Waals surface area contributed by atoms with Gasteiger partial charge in [-0.05, 0) is 17.9 Å². The number of thiophene rings is 1. The third kappa shape index (κ3) is 3.06. The van der Waals surface area contributed by atoms with E-state index in [-0.39, 0.29) is 18.1 Å². The van der Waals surface area contributed by atoms with E-state index in [0.29, 0.717) is 6.54 Å². The van der Waals surface area contributed by atoms with Gasteiger partial charge in [-0.15, -0.1) is 11.3 Å².